The van der Waals surface area contributed by atoms with Crippen LogP contribution in [0.5, 0.6) is 5.75 Å². The Balaban J connectivity index is 1.33. The number of hydrogen-bond acceptors (Lipinski definition) is 5. The van der Waals surface area contributed by atoms with Crippen LogP contribution in [0.25, 0.3) is 0 Å². The molecule has 25 heavy (non-hydrogen) atoms. The zero-order chi connectivity index (χ0) is 17.4. The van der Waals surface area contributed by atoms with Gasteiger partial charge in [-0.2, -0.15) is 0 Å². The van der Waals surface area contributed by atoms with E-state index in [0.717, 1.165) is 31.8 Å². The molecular weight excluding hydrogens is 318 g/mol. The highest BCUT2D eigenvalue weighted by Crippen LogP contribution is 2.40. The van der Waals surface area contributed by atoms with Crippen molar-refractivity contribution in [3.05, 3.63) is 48.2 Å². The molecule has 4 rings (SSSR count). The number of furan rings is 1. The number of pyridine rings is 1. The zero-order valence-electron chi connectivity index (χ0n) is 14.6. The second kappa shape index (κ2) is 6.19. The Labute approximate surface area is 147 Å². The Morgan fingerprint density at radius 2 is 2.28 bits per heavy atom. The van der Waals surface area contributed by atoms with Crippen LogP contribution in [-0.2, 0) is 0 Å². The van der Waals surface area contributed by atoms with Crippen LogP contribution in [0.2, 0.25) is 0 Å². The smallest absolute Gasteiger partial charge is 0.257 e. The monoisotopic (exact) mass is 341 g/mol. The minimum absolute atomic E-state index is 0.0698. The van der Waals surface area contributed by atoms with Gasteiger partial charge >= 0.3 is 0 Å². The van der Waals surface area contributed by atoms with Crippen LogP contribution in [-0.4, -0.2) is 59.5 Å². The van der Waals surface area contributed by atoms with Gasteiger partial charge in [0.05, 0.1) is 30.2 Å². The number of likely N-dealkylation sites (tertiary alicyclic amines) is 2. The van der Waals surface area contributed by atoms with Gasteiger partial charge < -0.3 is 14.1 Å². The Bertz CT molecular complexity index is 752. The molecule has 132 valence electrons. The van der Waals surface area contributed by atoms with Gasteiger partial charge in [-0.25, -0.2) is 0 Å². The molecule has 0 radical (unpaired) electrons. The molecule has 6 nitrogen and oxygen atoms in total. The number of likely N-dealkylation sites (N-methyl/N-ethyl adjacent to an activating group) is 1. The first-order valence-corrected chi connectivity index (χ1v) is 8.65. The lowest BCUT2D eigenvalue weighted by Crippen LogP contribution is -2.68. The second-order valence-electron chi connectivity index (χ2n) is 7.23. The van der Waals surface area contributed by atoms with Crippen molar-refractivity contribution in [3.8, 4) is 5.75 Å². The van der Waals surface area contributed by atoms with Crippen molar-refractivity contribution in [2.24, 2.45) is 5.92 Å². The van der Waals surface area contributed by atoms with Gasteiger partial charge in [0.15, 0.2) is 0 Å². The van der Waals surface area contributed by atoms with E-state index in [1.807, 2.05) is 24.0 Å². The number of carbonyl (C=O) groups is 1. The van der Waals surface area contributed by atoms with E-state index in [-0.39, 0.29) is 11.4 Å². The molecule has 6 heteroatoms. The summed E-state index contributed by atoms with van der Waals surface area (Å²) < 4.78 is 11.1. The Kier molecular flexibility index (Phi) is 4.00. The molecule has 2 aromatic heterocycles. The summed E-state index contributed by atoms with van der Waals surface area (Å²) in [5, 5.41) is 0. The molecule has 2 fully saturated rings. The van der Waals surface area contributed by atoms with E-state index in [1.54, 1.807) is 24.7 Å². The van der Waals surface area contributed by atoms with Crippen molar-refractivity contribution >= 4 is 5.91 Å². The standard InChI is InChI=1S/C19H23N3O3/c1-14-17(5-7-24-14)18(23)22-12-19(13-22)8-15(10-21(19)2)11-25-16-4-3-6-20-9-16/h3-7,9,15H,8,10-13H2,1-2H3/t15-/m1/s1. The van der Waals surface area contributed by atoms with Gasteiger partial charge in [0.25, 0.3) is 5.91 Å². The third-order valence-electron chi connectivity index (χ3n) is 5.48. The maximum atomic E-state index is 12.6. The molecule has 4 heterocycles. The Morgan fingerprint density at radius 3 is 2.96 bits per heavy atom. The molecule has 2 aromatic rings. The van der Waals surface area contributed by atoms with Crippen LogP contribution in [0.4, 0.5) is 0 Å². The maximum absolute atomic E-state index is 12.6. The molecule has 2 saturated heterocycles. The molecule has 0 N–H and O–H groups in total. The summed E-state index contributed by atoms with van der Waals surface area (Å²) in [6, 6.07) is 5.56. The van der Waals surface area contributed by atoms with Crippen LogP contribution < -0.4 is 4.74 Å². The molecule has 0 aliphatic carbocycles. The minimum atomic E-state index is 0.0698. The molecule has 2 aliphatic rings. The lowest BCUT2D eigenvalue weighted by Gasteiger charge is -2.51. The van der Waals surface area contributed by atoms with Gasteiger partial charge in [-0.1, -0.05) is 0 Å². The third kappa shape index (κ3) is 2.91. The van der Waals surface area contributed by atoms with Crippen LogP contribution in [0.1, 0.15) is 22.5 Å². The summed E-state index contributed by atoms with van der Waals surface area (Å²) in [4.78, 5) is 20.9. The summed E-state index contributed by atoms with van der Waals surface area (Å²) in [5.74, 6) is 2.04. The van der Waals surface area contributed by atoms with E-state index < -0.39 is 0 Å². The highest BCUT2D eigenvalue weighted by atomic mass is 16.5. The third-order valence-corrected chi connectivity index (χ3v) is 5.48. The quantitative estimate of drug-likeness (QED) is 0.853. The minimum Gasteiger partial charge on any atom is -0.492 e. The molecule has 0 bridgehead atoms. The fourth-order valence-electron chi connectivity index (χ4n) is 4.05. The highest BCUT2D eigenvalue weighted by molar-refractivity contribution is 5.95. The van der Waals surface area contributed by atoms with E-state index in [0.29, 0.717) is 23.8 Å². The van der Waals surface area contributed by atoms with E-state index in [1.165, 1.54) is 0 Å². The van der Waals surface area contributed by atoms with Crippen molar-refractivity contribution in [2.75, 3.05) is 33.3 Å². The van der Waals surface area contributed by atoms with Crippen LogP contribution >= 0.6 is 0 Å². The maximum Gasteiger partial charge on any atom is 0.257 e. The molecule has 1 amide bonds. The molecule has 1 spiro atoms. The number of aryl methyl sites for hydroxylation is 1. The van der Waals surface area contributed by atoms with E-state index in [4.69, 9.17) is 9.15 Å². The highest BCUT2D eigenvalue weighted by Gasteiger charge is 2.53. The van der Waals surface area contributed by atoms with Gasteiger partial charge in [0, 0.05) is 31.7 Å². The molecule has 2 aliphatic heterocycles. The van der Waals surface area contributed by atoms with Gasteiger partial charge in [-0.15, -0.1) is 0 Å². The normalized spacial score (nSPS) is 22.2. The van der Waals surface area contributed by atoms with E-state index in [2.05, 4.69) is 16.9 Å². The van der Waals surface area contributed by atoms with Gasteiger partial charge in [0.1, 0.15) is 11.5 Å². The van der Waals surface area contributed by atoms with Gasteiger partial charge in [0.2, 0.25) is 0 Å². The predicted octanol–water partition coefficient (Wildman–Crippen LogP) is 2.21. The predicted molar refractivity (Wildman–Crippen MR) is 92.5 cm³/mol. The summed E-state index contributed by atoms with van der Waals surface area (Å²) in [5.41, 5.74) is 0.767. The fourth-order valence-corrected chi connectivity index (χ4v) is 4.05. The molecule has 0 aromatic carbocycles. The number of aromatic nitrogens is 1. The lowest BCUT2D eigenvalue weighted by molar-refractivity contribution is -0.00781. The summed E-state index contributed by atoms with van der Waals surface area (Å²) in [6.45, 7) is 5.06. The van der Waals surface area contributed by atoms with Gasteiger partial charge in [-0.05, 0) is 38.6 Å². The van der Waals surface area contributed by atoms with Crippen molar-refractivity contribution in [1.82, 2.24) is 14.8 Å². The first-order chi connectivity index (χ1) is 12.1. The van der Waals surface area contributed by atoms with Crippen LogP contribution in [0.15, 0.2) is 41.3 Å². The average Bonchev–Trinajstić information content (AvgIpc) is 3.15. The molecule has 0 saturated carbocycles. The van der Waals surface area contributed by atoms with Crippen molar-refractivity contribution in [3.63, 3.8) is 0 Å². The average molecular weight is 341 g/mol. The zero-order valence-corrected chi connectivity index (χ0v) is 14.6. The first-order valence-electron chi connectivity index (χ1n) is 8.65. The van der Waals surface area contributed by atoms with Crippen LogP contribution in [0, 0.1) is 12.8 Å². The Hall–Kier alpha value is -2.34. The lowest BCUT2D eigenvalue weighted by atomic mass is 9.84. The first kappa shape index (κ1) is 16.1. The van der Waals surface area contributed by atoms with Gasteiger partial charge in [-0.3, -0.25) is 14.7 Å². The van der Waals surface area contributed by atoms with Crippen molar-refractivity contribution < 1.29 is 13.9 Å². The summed E-state index contributed by atoms with van der Waals surface area (Å²) >= 11 is 0. The topological polar surface area (TPSA) is 58.8 Å². The number of amides is 1. The Morgan fingerprint density at radius 1 is 1.44 bits per heavy atom. The SMILES string of the molecule is Cc1occc1C(=O)N1CC2(C[C@@H](COc3cccnc3)CN2C)C1. The molecule has 0 unspecified atom stereocenters. The van der Waals surface area contributed by atoms with Crippen molar-refractivity contribution in [1.29, 1.82) is 0 Å². The van der Waals surface area contributed by atoms with Crippen molar-refractivity contribution in [2.45, 2.75) is 18.9 Å². The number of nitrogens with zero attached hydrogens (tertiary/aromatic N) is 3. The van der Waals surface area contributed by atoms with E-state index >= 15 is 0 Å². The number of hydrogen-bond donors (Lipinski definition) is 0. The number of carbonyl (C=O) groups excluding carboxylic acids is 1. The largest absolute Gasteiger partial charge is 0.492 e. The summed E-state index contributed by atoms with van der Waals surface area (Å²) in [7, 11) is 2.15. The fraction of sp³-hybridized carbons (Fsp3) is 0.474. The van der Waals surface area contributed by atoms with E-state index in [9.17, 15) is 4.79 Å². The molecular formula is C19H23N3O3. The number of rotatable bonds is 4. The number of ether oxygens (including phenoxy) is 1. The second-order valence-corrected chi connectivity index (χ2v) is 7.23. The van der Waals surface area contributed by atoms with Crippen LogP contribution in [0.3, 0.4) is 0 Å². The molecule has 1 atom stereocenters. The summed E-state index contributed by atoms with van der Waals surface area (Å²) in [6.07, 6.45) is 6.11.